The lowest BCUT2D eigenvalue weighted by Crippen LogP contribution is -2.51. The van der Waals surface area contributed by atoms with Crippen LogP contribution in [0.5, 0.6) is 0 Å². The summed E-state index contributed by atoms with van der Waals surface area (Å²) >= 11 is 0. The van der Waals surface area contributed by atoms with Crippen LogP contribution in [0.3, 0.4) is 0 Å². The van der Waals surface area contributed by atoms with Crippen molar-refractivity contribution in [2.75, 3.05) is 53.5 Å². The second-order valence-corrected chi connectivity index (χ2v) is 8.96. The molecule has 1 aliphatic carbocycles. The summed E-state index contributed by atoms with van der Waals surface area (Å²) in [5.74, 6) is 1.92. The number of likely N-dealkylation sites (tertiary alicyclic amines) is 1. The van der Waals surface area contributed by atoms with E-state index in [9.17, 15) is 0 Å². The third kappa shape index (κ3) is 4.85. The molecule has 2 aliphatic heterocycles. The Balaban J connectivity index is 0.00000243. The van der Waals surface area contributed by atoms with Crippen molar-refractivity contribution < 1.29 is 4.74 Å². The normalized spacial score (nSPS) is 35.2. The molecule has 26 heavy (non-hydrogen) atoms. The lowest BCUT2D eigenvalue weighted by molar-refractivity contribution is 0.0842. The third-order valence-electron chi connectivity index (χ3n) is 6.80. The number of halogens is 1. The predicted octanol–water partition coefficient (Wildman–Crippen LogP) is 3.19. The number of hydrogen-bond donors (Lipinski definition) is 1. The lowest BCUT2D eigenvalue weighted by Gasteiger charge is -2.44. The first-order chi connectivity index (χ1) is 12.0. The Morgan fingerprint density at radius 2 is 2.12 bits per heavy atom. The van der Waals surface area contributed by atoms with E-state index in [-0.39, 0.29) is 29.5 Å². The molecule has 0 radical (unpaired) electrons. The minimum Gasteiger partial charge on any atom is -0.381 e. The molecule has 6 heteroatoms. The van der Waals surface area contributed by atoms with E-state index < -0.39 is 0 Å². The summed E-state index contributed by atoms with van der Waals surface area (Å²) in [6, 6.07) is 0. The molecule has 0 amide bonds. The Kier molecular flexibility index (Phi) is 8.04. The molecule has 3 fully saturated rings. The van der Waals surface area contributed by atoms with Crippen LogP contribution in [-0.2, 0) is 4.74 Å². The van der Waals surface area contributed by atoms with E-state index in [2.05, 4.69) is 43.1 Å². The molecular weight excluding hydrogens is 439 g/mol. The Labute approximate surface area is 177 Å². The van der Waals surface area contributed by atoms with Crippen LogP contribution in [0.1, 0.15) is 52.4 Å². The van der Waals surface area contributed by atoms with Gasteiger partial charge in [-0.3, -0.25) is 4.99 Å². The van der Waals surface area contributed by atoms with Crippen LogP contribution >= 0.6 is 24.0 Å². The van der Waals surface area contributed by atoms with Gasteiger partial charge in [-0.25, -0.2) is 0 Å². The molecule has 5 nitrogen and oxygen atoms in total. The van der Waals surface area contributed by atoms with Crippen molar-refractivity contribution in [2.45, 2.75) is 57.9 Å². The van der Waals surface area contributed by atoms with Gasteiger partial charge in [0.05, 0.1) is 13.2 Å². The molecule has 1 saturated carbocycles. The van der Waals surface area contributed by atoms with Crippen molar-refractivity contribution in [3.8, 4) is 0 Å². The molecule has 0 aromatic heterocycles. The number of aliphatic imine (C=N–C) groups is 1. The van der Waals surface area contributed by atoms with Gasteiger partial charge in [0.25, 0.3) is 0 Å². The van der Waals surface area contributed by atoms with Crippen molar-refractivity contribution in [3.63, 3.8) is 0 Å². The number of hydrogen-bond acceptors (Lipinski definition) is 3. The Morgan fingerprint density at radius 1 is 1.31 bits per heavy atom. The van der Waals surface area contributed by atoms with Crippen molar-refractivity contribution >= 4 is 29.9 Å². The number of rotatable bonds is 4. The fourth-order valence-corrected chi connectivity index (χ4v) is 5.06. The van der Waals surface area contributed by atoms with E-state index in [0.29, 0.717) is 5.41 Å². The van der Waals surface area contributed by atoms with Crippen LogP contribution in [0.15, 0.2) is 4.99 Å². The summed E-state index contributed by atoms with van der Waals surface area (Å²) in [7, 11) is 4.47. The summed E-state index contributed by atoms with van der Waals surface area (Å²) in [5, 5.41) is 3.55. The number of guanidine groups is 1. The van der Waals surface area contributed by atoms with Gasteiger partial charge in [-0.05, 0) is 52.6 Å². The second kappa shape index (κ2) is 9.41. The molecule has 0 aromatic carbocycles. The Hall–Kier alpha value is -0.0800. The average molecular weight is 478 g/mol. The van der Waals surface area contributed by atoms with E-state index in [4.69, 9.17) is 9.73 Å². The maximum Gasteiger partial charge on any atom is 0.194 e. The Bertz CT molecular complexity index is 478. The smallest absolute Gasteiger partial charge is 0.194 e. The van der Waals surface area contributed by atoms with Gasteiger partial charge in [0.1, 0.15) is 0 Å². The highest BCUT2D eigenvalue weighted by atomic mass is 127. The van der Waals surface area contributed by atoms with Crippen molar-refractivity contribution in [1.29, 1.82) is 0 Å². The summed E-state index contributed by atoms with van der Waals surface area (Å²) in [4.78, 5) is 10.1. The summed E-state index contributed by atoms with van der Waals surface area (Å²) in [6.07, 6.45) is 7.69. The highest BCUT2D eigenvalue weighted by molar-refractivity contribution is 14.0. The van der Waals surface area contributed by atoms with Crippen LogP contribution in [0.2, 0.25) is 0 Å². The molecule has 3 rings (SSSR count). The van der Waals surface area contributed by atoms with Gasteiger partial charge in [0.2, 0.25) is 0 Å². The molecule has 1 spiro atoms. The molecule has 2 heterocycles. The summed E-state index contributed by atoms with van der Waals surface area (Å²) < 4.78 is 5.69. The molecular formula is C20H39IN4O. The average Bonchev–Trinajstić information content (AvgIpc) is 3.22. The zero-order valence-corrected chi connectivity index (χ0v) is 19.6. The lowest BCUT2D eigenvalue weighted by atomic mass is 9.75. The maximum atomic E-state index is 5.69. The van der Waals surface area contributed by atoms with E-state index >= 15 is 0 Å². The van der Waals surface area contributed by atoms with Gasteiger partial charge in [-0.2, -0.15) is 0 Å². The van der Waals surface area contributed by atoms with Crippen LogP contribution in [0.4, 0.5) is 0 Å². The SMILES string of the molecule is CCNC(=NCC1(N(C)C)CCCC(C)C1)N1CCC2(CCOC2)C1.I. The van der Waals surface area contributed by atoms with Gasteiger partial charge >= 0.3 is 0 Å². The van der Waals surface area contributed by atoms with Crippen molar-refractivity contribution in [3.05, 3.63) is 0 Å². The second-order valence-electron chi connectivity index (χ2n) is 8.96. The minimum atomic E-state index is 0. The molecule has 152 valence electrons. The quantitative estimate of drug-likeness (QED) is 0.383. The maximum absolute atomic E-state index is 5.69. The van der Waals surface area contributed by atoms with Crippen molar-refractivity contribution in [1.82, 2.24) is 15.1 Å². The van der Waals surface area contributed by atoms with E-state index in [1.54, 1.807) is 0 Å². The molecule has 3 atom stereocenters. The van der Waals surface area contributed by atoms with E-state index in [1.165, 1.54) is 38.5 Å². The minimum absolute atomic E-state index is 0. The molecule has 3 aliphatic rings. The molecule has 0 bridgehead atoms. The molecule has 1 N–H and O–H groups in total. The molecule has 2 saturated heterocycles. The first-order valence-corrected chi connectivity index (χ1v) is 10.3. The fourth-order valence-electron chi connectivity index (χ4n) is 5.06. The largest absolute Gasteiger partial charge is 0.381 e. The zero-order chi connectivity index (χ0) is 17.9. The summed E-state index contributed by atoms with van der Waals surface area (Å²) in [6.45, 7) is 10.5. The highest BCUT2D eigenvalue weighted by Crippen LogP contribution is 2.39. The fraction of sp³-hybridized carbons (Fsp3) is 0.950. The van der Waals surface area contributed by atoms with Crippen molar-refractivity contribution in [2.24, 2.45) is 16.3 Å². The van der Waals surface area contributed by atoms with Crippen LogP contribution in [0, 0.1) is 11.3 Å². The van der Waals surface area contributed by atoms with Gasteiger partial charge in [0.15, 0.2) is 5.96 Å². The highest BCUT2D eigenvalue weighted by Gasteiger charge is 2.42. The topological polar surface area (TPSA) is 40.1 Å². The first kappa shape index (κ1) is 22.2. The van der Waals surface area contributed by atoms with Crippen LogP contribution < -0.4 is 5.32 Å². The third-order valence-corrected chi connectivity index (χ3v) is 6.80. The monoisotopic (exact) mass is 478 g/mol. The van der Waals surface area contributed by atoms with Gasteiger partial charge in [-0.15, -0.1) is 24.0 Å². The van der Waals surface area contributed by atoms with Gasteiger partial charge < -0.3 is 19.9 Å². The Morgan fingerprint density at radius 3 is 2.73 bits per heavy atom. The zero-order valence-electron chi connectivity index (χ0n) is 17.2. The van der Waals surface area contributed by atoms with Crippen LogP contribution in [-0.4, -0.2) is 74.8 Å². The first-order valence-electron chi connectivity index (χ1n) is 10.3. The number of nitrogens with one attached hydrogen (secondary N) is 1. The van der Waals surface area contributed by atoms with Gasteiger partial charge in [0, 0.05) is 37.2 Å². The number of nitrogens with zero attached hydrogens (tertiary/aromatic N) is 3. The molecule has 3 unspecified atom stereocenters. The van der Waals surface area contributed by atoms with Gasteiger partial charge in [-0.1, -0.05) is 19.8 Å². The van der Waals surface area contributed by atoms with Crippen LogP contribution in [0.25, 0.3) is 0 Å². The standard InChI is InChI=1S/C20H38N4O.HI/c1-5-21-18(24-11-9-19(15-24)10-12-25-16-19)22-14-20(23(3)4)8-6-7-17(2)13-20;/h17H,5-16H2,1-4H3,(H,21,22);1H. The van der Waals surface area contributed by atoms with E-state index in [0.717, 1.165) is 51.3 Å². The summed E-state index contributed by atoms with van der Waals surface area (Å²) in [5.41, 5.74) is 0.612. The van der Waals surface area contributed by atoms with E-state index in [1.807, 2.05) is 0 Å². The molecule has 0 aromatic rings. The number of likely N-dealkylation sites (N-methyl/N-ethyl adjacent to an activating group) is 1. The number of ether oxygens (including phenoxy) is 1. The predicted molar refractivity (Wildman–Crippen MR) is 120 cm³/mol.